The van der Waals surface area contributed by atoms with E-state index in [9.17, 15) is 4.79 Å². The fraction of sp³-hybridized carbons (Fsp3) is 0.0714. The number of aryl methyl sites for hydroxylation is 1. The molecule has 2 N–H and O–H groups in total. The second kappa shape index (κ2) is 3.77. The first-order valence-electron chi connectivity index (χ1n) is 5.55. The maximum atomic E-state index is 11.0. The van der Waals surface area contributed by atoms with E-state index in [0.29, 0.717) is 11.3 Å². The summed E-state index contributed by atoms with van der Waals surface area (Å²) >= 11 is 0. The van der Waals surface area contributed by atoms with Gasteiger partial charge in [0.05, 0.1) is 11.8 Å². The van der Waals surface area contributed by atoms with E-state index in [0.717, 1.165) is 22.2 Å². The lowest BCUT2D eigenvalue weighted by Gasteiger charge is -1.97. The Morgan fingerprint density at radius 2 is 2.11 bits per heavy atom. The lowest BCUT2D eigenvalue weighted by Crippen LogP contribution is -1.95. The van der Waals surface area contributed by atoms with E-state index in [1.807, 2.05) is 24.3 Å². The zero-order valence-electron chi connectivity index (χ0n) is 9.73. The molecule has 4 heteroatoms. The number of H-pyrrole nitrogens is 1. The van der Waals surface area contributed by atoms with Crippen LogP contribution in [0.2, 0.25) is 0 Å². The number of rotatable bonds is 2. The number of hydrogen-bond acceptors (Lipinski definition) is 2. The van der Waals surface area contributed by atoms with Crippen LogP contribution in [-0.2, 0) is 0 Å². The molecule has 1 aromatic carbocycles. The molecule has 2 heterocycles. The van der Waals surface area contributed by atoms with Crippen LogP contribution in [0.3, 0.4) is 0 Å². The van der Waals surface area contributed by atoms with Crippen LogP contribution in [0.25, 0.3) is 22.2 Å². The molecule has 3 aromatic rings. The summed E-state index contributed by atoms with van der Waals surface area (Å²) in [6, 6.07) is 9.28. The van der Waals surface area contributed by atoms with Gasteiger partial charge in [-0.25, -0.2) is 4.79 Å². The molecule has 0 atom stereocenters. The van der Waals surface area contributed by atoms with E-state index in [1.54, 1.807) is 19.3 Å². The van der Waals surface area contributed by atoms with Crippen molar-refractivity contribution >= 4 is 16.9 Å². The van der Waals surface area contributed by atoms with Crippen molar-refractivity contribution in [1.82, 2.24) is 4.98 Å². The minimum absolute atomic E-state index is 0.303. The van der Waals surface area contributed by atoms with Crippen molar-refractivity contribution in [3.05, 3.63) is 47.9 Å². The summed E-state index contributed by atoms with van der Waals surface area (Å²) in [5, 5.41) is 10.0. The maximum absolute atomic E-state index is 11.0. The highest BCUT2D eigenvalue weighted by Crippen LogP contribution is 2.26. The third-order valence-electron chi connectivity index (χ3n) is 3.01. The average Bonchev–Trinajstić information content (AvgIpc) is 2.93. The SMILES string of the molecule is Cc1[nH]c(-c2ccc3occc3c2)cc1C(=O)O. The van der Waals surface area contributed by atoms with E-state index in [1.165, 1.54) is 0 Å². The highest BCUT2D eigenvalue weighted by atomic mass is 16.4. The second-order valence-electron chi connectivity index (χ2n) is 4.20. The van der Waals surface area contributed by atoms with Gasteiger partial charge in [0, 0.05) is 16.8 Å². The average molecular weight is 241 g/mol. The van der Waals surface area contributed by atoms with E-state index in [4.69, 9.17) is 9.52 Å². The molecular formula is C14H11NO3. The van der Waals surface area contributed by atoms with Crippen LogP contribution < -0.4 is 0 Å². The Morgan fingerprint density at radius 1 is 1.28 bits per heavy atom. The summed E-state index contributed by atoms with van der Waals surface area (Å²) in [6.07, 6.45) is 1.64. The first-order chi connectivity index (χ1) is 8.65. The number of nitrogens with one attached hydrogen (secondary N) is 1. The lowest BCUT2D eigenvalue weighted by molar-refractivity contribution is 0.0696. The molecule has 0 fully saturated rings. The number of fused-ring (bicyclic) bond motifs is 1. The summed E-state index contributed by atoms with van der Waals surface area (Å²) in [6.45, 7) is 1.75. The predicted molar refractivity (Wildman–Crippen MR) is 67.7 cm³/mol. The number of carboxylic acids is 1. The fourth-order valence-corrected chi connectivity index (χ4v) is 2.07. The zero-order valence-corrected chi connectivity index (χ0v) is 9.73. The number of benzene rings is 1. The van der Waals surface area contributed by atoms with Crippen molar-refractivity contribution in [2.24, 2.45) is 0 Å². The topological polar surface area (TPSA) is 66.2 Å². The summed E-state index contributed by atoms with van der Waals surface area (Å²) in [7, 11) is 0. The Bertz CT molecular complexity index is 736. The van der Waals surface area contributed by atoms with Gasteiger partial charge >= 0.3 is 5.97 Å². The minimum atomic E-state index is -0.917. The molecule has 2 aromatic heterocycles. The van der Waals surface area contributed by atoms with Crippen molar-refractivity contribution in [2.75, 3.05) is 0 Å². The molecule has 18 heavy (non-hydrogen) atoms. The van der Waals surface area contributed by atoms with Gasteiger partial charge in [-0.05, 0) is 42.8 Å². The Hall–Kier alpha value is -2.49. The van der Waals surface area contributed by atoms with Crippen LogP contribution in [0, 0.1) is 6.92 Å². The molecule has 90 valence electrons. The number of carbonyl (C=O) groups is 1. The smallest absolute Gasteiger partial charge is 0.337 e. The van der Waals surface area contributed by atoms with E-state index in [-0.39, 0.29) is 0 Å². The third-order valence-corrected chi connectivity index (χ3v) is 3.01. The van der Waals surface area contributed by atoms with Gasteiger partial charge in [0.15, 0.2) is 0 Å². The minimum Gasteiger partial charge on any atom is -0.478 e. The molecule has 0 spiro atoms. The predicted octanol–water partition coefficient (Wildman–Crippen LogP) is 3.43. The molecule has 4 nitrogen and oxygen atoms in total. The van der Waals surface area contributed by atoms with Crippen LogP contribution in [0.5, 0.6) is 0 Å². The highest BCUT2D eigenvalue weighted by molar-refractivity contribution is 5.91. The van der Waals surface area contributed by atoms with Crippen LogP contribution >= 0.6 is 0 Å². The van der Waals surface area contributed by atoms with Crippen LogP contribution in [-0.4, -0.2) is 16.1 Å². The molecule has 0 aliphatic heterocycles. The molecule has 0 radical (unpaired) electrons. The zero-order chi connectivity index (χ0) is 12.7. The summed E-state index contributed by atoms with van der Waals surface area (Å²) in [5.41, 5.74) is 3.52. The Labute approximate surface area is 103 Å². The van der Waals surface area contributed by atoms with Crippen molar-refractivity contribution in [3.8, 4) is 11.3 Å². The Kier molecular flexibility index (Phi) is 2.23. The quantitative estimate of drug-likeness (QED) is 0.722. The Morgan fingerprint density at radius 3 is 2.83 bits per heavy atom. The normalized spacial score (nSPS) is 10.9. The highest BCUT2D eigenvalue weighted by Gasteiger charge is 2.12. The van der Waals surface area contributed by atoms with E-state index in [2.05, 4.69) is 4.98 Å². The van der Waals surface area contributed by atoms with Crippen molar-refractivity contribution in [3.63, 3.8) is 0 Å². The fourth-order valence-electron chi connectivity index (χ4n) is 2.07. The number of aromatic amines is 1. The molecule has 0 unspecified atom stereocenters. The van der Waals surface area contributed by atoms with Crippen LogP contribution in [0.15, 0.2) is 41.0 Å². The molecule has 0 saturated heterocycles. The van der Waals surface area contributed by atoms with Crippen LogP contribution in [0.1, 0.15) is 16.1 Å². The van der Waals surface area contributed by atoms with Gasteiger partial charge in [-0.1, -0.05) is 0 Å². The van der Waals surface area contributed by atoms with Gasteiger partial charge in [0.2, 0.25) is 0 Å². The van der Waals surface area contributed by atoms with Crippen molar-refractivity contribution in [1.29, 1.82) is 0 Å². The summed E-state index contributed by atoms with van der Waals surface area (Å²) in [4.78, 5) is 14.1. The van der Waals surface area contributed by atoms with Gasteiger partial charge < -0.3 is 14.5 Å². The molecule has 0 bridgehead atoms. The molecular weight excluding hydrogens is 230 g/mol. The second-order valence-corrected chi connectivity index (χ2v) is 4.20. The van der Waals surface area contributed by atoms with Gasteiger partial charge in [-0.2, -0.15) is 0 Å². The Balaban J connectivity index is 2.13. The maximum Gasteiger partial charge on any atom is 0.337 e. The molecule has 0 amide bonds. The van der Waals surface area contributed by atoms with Gasteiger partial charge in [-0.15, -0.1) is 0 Å². The first kappa shape index (κ1) is 10.7. The van der Waals surface area contributed by atoms with Gasteiger partial charge in [-0.3, -0.25) is 0 Å². The standard InChI is InChI=1S/C14H11NO3/c1-8-11(14(16)17)7-12(15-8)9-2-3-13-10(6-9)4-5-18-13/h2-7,15H,1H3,(H,16,17). The third kappa shape index (κ3) is 1.59. The number of carboxylic acid groups (broad SMARTS) is 1. The van der Waals surface area contributed by atoms with Crippen molar-refractivity contribution < 1.29 is 14.3 Å². The van der Waals surface area contributed by atoms with E-state index >= 15 is 0 Å². The first-order valence-corrected chi connectivity index (χ1v) is 5.55. The number of hydrogen-bond donors (Lipinski definition) is 2. The van der Waals surface area contributed by atoms with Gasteiger partial charge in [0.1, 0.15) is 5.58 Å². The molecule has 0 aliphatic rings. The summed E-state index contributed by atoms with van der Waals surface area (Å²) in [5.74, 6) is -0.917. The van der Waals surface area contributed by atoms with Crippen molar-refractivity contribution in [2.45, 2.75) is 6.92 Å². The molecule has 0 aliphatic carbocycles. The largest absolute Gasteiger partial charge is 0.478 e. The lowest BCUT2D eigenvalue weighted by atomic mass is 10.1. The molecule has 0 saturated carbocycles. The van der Waals surface area contributed by atoms with E-state index < -0.39 is 5.97 Å². The monoisotopic (exact) mass is 241 g/mol. The number of furan rings is 1. The number of aromatic nitrogens is 1. The van der Waals surface area contributed by atoms with Crippen LogP contribution in [0.4, 0.5) is 0 Å². The molecule has 3 rings (SSSR count). The van der Waals surface area contributed by atoms with Gasteiger partial charge in [0.25, 0.3) is 0 Å². The number of aromatic carboxylic acids is 1. The summed E-state index contributed by atoms with van der Waals surface area (Å²) < 4.78 is 5.27.